The number of halogens is 1. The Balaban J connectivity index is 2.08. The maximum absolute atomic E-state index is 12.1. The van der Waals surface area contributed by atoms with Crippen molar-refractivity contribution in [2.45, 2.75) is 37.6 Å². The molecular weight excluding hydrogens is 314 g/mol. The van der Waals surface area contributed by atoms with Crippen molar-refractivity contribution in [2.24, 2.45) is 0 Å². The highest BCUT2D eigenvalue weighted by atomic mass is 79.9. The van der Waals surface area contributed by atoms with Gasteiger partial charge in [-0.1, -0.05) is 35.2 Å². The van der Waals surface area contributed by atoms with Crippen LogP contribution in [-0.4, -0.2) is 26.7 Å². The molecule has 0 saturated heterocycles. The van der Waals surface area contributed by atoms with Crippen molar-refractivity contribution in [1.82, 2.24) is 10.3 Å². The zero-order chi connectivity index (χ0) is 13.9. The SMILES string of the molecule is O=C(NC1(CBr)CCCCC1)c1cc([N+](=O)[O-])c[nH]1. The van der Waals surface area contributed by atoms with Crippen LogP contribution in [0.4, 0.5) is 5.69 Å². The summed E-state index contributed by atoms with van der Waals surface area (Å²) in [6.45, 7) is 0. The lowest BCUT2D eigenvalue weighted by Crippen LogP contribution is -2.51. The van der Waals surface area contributed by atoms with Crippen LogP contribution in [0.25, 0.3) is 0 Å². The molecule has 104 valence electrons. The number of nitrogens with zero attached hydrogens (tertiary/aromatic N) is 1. The number of nitro groups is 1. The van der Waals surface area contributed by atoms with Crippen molar-refractivity contribution in [1.29, 1.82) is 0 Å². The van der Waals surface area contributed by atoms with E-state index in [0.29, 0.717) is 5.33 Å². The van der Waals surface area contributed by atoms with Crippen LogP contribution in [0.5, 0.6) is 0 Å². The quantitative estimate of drug-likeness (QED) is 0.505. The molecule has 1 aromatic heterocycles. The molecule has 0 radical (unpaired) electrons. The van der Waals surface area contributed by atoms with Crippen molar-refractivity contribution in [3.05, 3.63) is 28.1 Å². The Morgan fingerprint density at radius 1 is 1.47 bits per heavy atom. The van der Waals surface area contributed by atoms with E-state index in [-0.39, 0.29) is 22.8 Å². The molecule has 0 aromatic carbocycles. The van der Waals surface area contributed by atoms with E-state index in [4.69, 9.17) is 0 Å². The number of hydrogen-bond acceptors (Lipinski definition) is 3. The van der Waals surface area contributed by atoms with Gasteiger partial charge in [-0.05, 0) is 12.8 Å². The maximum Gasteiger partial charge on any atom is 0.287 e. The molecule has 1 aromatic rings. The summed E-state index contributed by atoms with van der Waals surface area (Å²) in [7, 11) is 0. The van der Waals surface area contributed by atoms with Crippen LogP contribution in [0.3, 0.4) is 0 Å². The highest BCUT2D eigenvalue weighted by Gasteiger charge is 2.33. The van der Waals surface area contributed by atoms with Gasteiger partial charge in [-0.15, -0.1) is 0 Å². The summed E-state index contributed by atoms with van der Waals surface area (Å²) in [6, 6.07) is 1.26. The van der Waals surface area contributed by atoms with Crippen molar-refractivity contribution in [2.75, 3.05) is 5.33 Å². The second-order valence-corrected chi connectivity index (χ2v) is 5.52. The third-order valence-electron chi connectivity index (χ3n) is 3.57. The zero-order valence-corrected chi connectivity index (χ0v) is 12.0. The van der Waals surface area contributed by atoms with Gasteiger partial charge in [-0.2, -0.15) is 0 Å². The molecule has 0 atom stereocenters. The van der Waals surface area contributed by atoms with Crippen LogP contribution >= 0.6 is 15.9 Å². The van der Waals surface area contributed by atoms with Crippen molar-refractivity contribution < 1.29 is 9.72 Å². The van der Waals surface area contributed by atoms with Gasteiger partial charge in [-0.3, -0.25) is 14.9 Å². The molecule has 19 heavy (non-hydrogen) atoms. The first kappa shape index (κ1) is 14.0. The van der Waals surface area contributed by atoms with Crippen LogP contribution < -0.4 is 5.32 Å². The number of nitrogens with one attached hydrogen (secondary N) is 2. The monoisotopic (exact) mass is 329 g/mol. The summed E-state index contributed by atoms with van der Waals surface area (Å²) in [5.41, 5.74) is -0.0887. The Kier molecular flexibility index (Phi) is 4.24. The molecule has 2 N–H and O–H groups in total. The van der Waals surface area contributed by atoms with Gasteiger partial charge in [0.2, 0.25) is 0 Å². The summed E-state index contributed by atoms with van der Waals surface area (Å²) in [6.07, 6.45) is 6.49. The fourth-order valence-corrected chi connectivity index (χ4v) is 3.15. The van der Waals surface area contributed by atoms with E-state index in [2.05, 4.69) is 26.2 Å². The van der Waals surface area contributed by atoms with Gasteiger partial charge < -0.3 is 10.3 Å². The van der Waals surface area contributed by atoms with Crippen molar-refractivity contribution in [3.63, 3.8) is 0 Å². The van der Waals surface area contributed by atoms with E-state index in [1.807, 2.05) is 0 Å². The Hall–Kier alpha value is -1.37. The predicted molar refractivity (Wildman–Crippen MR) is 74.5 cm³/mol. The molecule has 2 rings (SSSR count). The summed E-state index contributed by atoms with van der Waals surface area (Å²) in [5, 5.41) is 14.3. The third-order valence-corrected chi connectivity index (χ3v) is 4.64. The molecule has 1 amide bonds. The fourth-order valence-electron chi connectivity index (χ4n) is 2.45. The Morgan fingerprint density at radius 2 is 2.16 bits per heavy atom. The zero-order valence-electron chi connectivity index (χ0n) is 10.4. The Labute approximate surface area is 119 Å². The van der Waals surface area contributed by atoms with E-state index in [1.165, 1.54) is 18.7 Å². The number of hydrogen-bond donors (Lipinski definition) is 2. The summed E-state index contributed by atoms with van der Waals surface area (Å²) >= 11 is 3.46. The molecule has 7 heteroatoms. The molecule has 0 unspecified atom stereocenters. The van der Waals surface area contributed by atoms with E-state index >= 15 is 0 Å². The van der Waals surface area contributed by atoms with Gasteiger partial charge in [0.1, 0.15) is 5.69 Å². The molecule has 0 bridgehead atoms. The predicted octanol–water partition coefficient (Wildman–Crippen LogP) is 2.75. The fraction of sp³-hybridized carbons (Fsp3) is 0.583. The van der Waals surface area contributed by atoms with E-state index in [0.717, 1.165) is 25.7 Å². The summed E-state index contributed by atoms with van der Waals surface area (Å²) in [4.78, 5) is 24.8. The number of carbonyl (C=O) groups excluding carboxylic acids is 1. The van der Waals surface area contributed by atoms with Gasteiger partial charge in [0.05, 0.1) is 16.7 Å². The van der Waals surface area contributed by atoms with Crippen LogP contribution in [0.15, 0.2) is 12.3 Å². The minimum atomic E-state index is -0.520. The van der Waals surface area contributed by atoms with Gasteiger partial charge in [0, 0.05) is 11.4 Å². The third kappa shape index (κ3) is 3.15. The molecule has 0 spiro atoms. The number of alkyl halides is 1. The van der Waals surface area contributed by atoms with Crippen LogP contribution in [0.1, 0.15) is 42.6 Å². The molecule has 0 aliphatic heterocycles. The Morgan fingerprint density at radius 3 is 2.68 bits per heavy atom. The van der Waals surface area contributed by atoms with E-state index in [9.17, 15) is 14.9 Å². The Bertz CT molecular complexity index is 480. The second kappa shape index (κ2) is 5.73. The number of aromatic nitrogens is 1. The lowest BCUT2D eigenvalue weighted by molar-refractivity contribution is -0.384. The number of carbonyl (C=O) groups is 1. The lowest BCUT2D eigenvalue weighted by Gasteiger charge is -2.36. The molecule has 6 nitrogen and oxygen atoms in total. The van der Waals surface area contributed by atoms with Gasteiger partial charge in [0.15, 0.2) is 0 Å². The standard InChI is InChI=1S/C12H16BrN3O3/c13-8-12(4-2-1-3-5-12)15-11(17)10-6-9(7-14-10)16(18)19/h6-7,14H,1-5,8H2,(H,15,17). The number of rotatable bonds is 4. The van der Waals surface area contributed by atoms with Gasteiger partial charge >= 0.3 is 0 Å². The number of H-pyrrole nitrogens is 1. The normalized spacial score (nSPS) is 17.9. The molecule has 1 fully saturated rings. The topological polar surface area (TPSA) is 88.0 Å². The van der Waals surface area contributed by atoms with Gasteiger partial charge in [-0.25, -0.2) is 0 Å². The molecule has 1 saturated carbocycles. The average Bonchev–Trinajstić information content (AvgIpc) is 2.89. The van der Waals surface area contributed by atoms with Crippen molar-refractivity contribution >= 4 is 27.5 Å². The van der Waals surface area contributed by atoms with Crippen LogP contribution in [0.2, 0.25) is 0 Å². The molecule has 1 aliphatic rings. The molecule has 1 aliphatic carbocycles. The van der Waals surface area contributed by atoms with Crippen molar-refractivity contribution in [3.8, 4) is 0 Å². The number of amides is 1. The summed E-state index contributed by atoms with van der Waals surface area (Å²) in [5.74, 6) is -0.283. The lowest BCUT2D eigenvalue weighted by atomic mass is 9.83. The molecular formula is C12H16BrN3O3. The second-order valence-electron chi connectivity index (χ2n) is 4.96. The first-order chi connectivity index (χ1) is 9.06. The minimum Gasteiger partial charge on any atom is -0.351 e. The molecule has 1 heterocycles. The number of aromatic amines is 1. The smallest absolute Gasteiger partial charge is 0.287 e. The largest absolute Gasteiger partial charge is 0.351 e. The first-order valence-corrected chi connectivity index (χ1v) is 7.40. The maximum atomic E-state index is 12.1. The average molecular weight is 330 g/mol. The highest BCUT2D eigenvalue weighted by Crippen LogP contribution is 2.30. The van der Waals surface area contributed by atoms with Crippen LogP contribution in [-0.2, 0) is 0 Å². The van der Waals surface area contributed by atoms with E-state index < -0.39 is 4.92 Å². The first-order valence-electron chi connectivity index (χ1n) is 6.28. The van der Waals surface area contributed by atoms with Crippen LogP contribution in [0, 0.1) is 10.1 Å². The summed E-state index contributed by atoms with van der Waals surface area (Å²) < 4.78 is 0. The van der Waals surface area contributed by atoms with E-state index in [1.54, 1.807) is 0 Å². The highest BCUT2D eigenvalue weighted by molar-refractivity contribution is 9.09. The van der Waals surface area contributed by atoms with Gasteiger partial charge in [0.25, 0.3) is 11.6 Å². The minimum absolute atomic E-state index is 0.0957.